The molecule has 2 aromatic rings. The molecule has 1 aliphatic heterocycles. The molecular weight excluding hydrogens is 266 g/mol. The summed E-state index contributed by atoms with van der Waals surface area (Å²) in [7, 11) is 0. The number of nitrogens with zero attached hydrogens (tertiary/aromatic N) is 1. The van der Waals surface area contributed by atoms with Crippen molar-refractivity contribution in [2.24, 2.45) is 0 Å². The van der Waals surface area contributed by atoms with E-state index in [-0.39, 0.29) is 23.3 Å². The van der Waals surface area contributed by atoms with Crippen molar-refractivity contribution >= 4 is 5.82 Å². The highest BCUT2D eigenvalue weighted by molar-refractivity contribution is 5.47. The Hall–Kier alpha value is -2.30. The summed E-state index contributed by atoms with van der Waals surface area (Å²) in [6.45, 7) is 3.68. The topological polar surface area (TPSA) is 66.9 Å². The Morgan fingerprint density at radius 1 is 1.19 bits per heavy atom. The van der Waals surface area contributed by atoms with Crippen LogP contribution in [0.3, 0.4) is 0 Å². The number of benzene rings is 1. The van der Waals surface area contributed by atoms with Gasteiger partial charge in [0.2, 0.25) is 0 Å². The van der Waals surface area contributed by atoms with Gasteiger partial charge in [-0.2, -0.15) is 0 Å². The molecule has 0 fully saturated rings. The first-order chi connectivity index (χ1) is 10.1. The molecule has 0 saturated heterocycles. The van der Waals surface area contributed by atoms with E-state index in [1.54, 1.807) is 0 Å². The van der Waals surface area contributed by atoms with Crippen LogP contribution < -0.4 is 16.6 Å². The van der Waals surface area contributed by atoms with E-state index in [9.17, 15) is 9.59 Å². The van der Waals surface area contributed by atoms with Crippen LogP contribution in [0.2, 0.25) is 0 Å². The van der Waals surface area contributed by atoms with Crippen LogP contribution in [0.1, 0.15) is 43.5 Å². The Labute approximate surface area is 122 Å². The average Bonchev–Trinajstić information content (AvgIpc) is 2.47. The first-order valence-corrected chi connectivity index (χ1v) is 7.27. The molecule has 0 radical (unpaired) electrons. The second kappa shape index (κ2) is 5.24. The summed E-state index contributed by atoms with van der Waals surface area (Å²) < 4.78 is 1.28. The average molecular weight is 285 g/mol. The Balaban J connectivity index is 2.02. The van der Waals surface area contributed by atoms with E-state index in [0.29, 0.717) is 17.8 Å². The lowest BCUT2D eigenvalue weighted by atomic mass is 9.96. The number of anilines is 1. The first-order valence-electron chi connectivity index (χ1n) is 7.27. The number of rotatable bonds is 2. The van der Waals surface area contributed by atoms with Gasteiger partial charge < -0.3 is 5.32 Å². The van der Waals surface area contributed by atoms with E-state index in [1.807, 2.05) is 32.0 Å². The molecule has 0 aliphatic carbocycles. The molecule has 1 aromatic carbocycles. The van der Waals surface area contributed by atoms with Gasteiger partial charge in [0.15, 0.2) is 0 Å². The van der Waals surface area contributed by atoms with Crippen molar-refractivity contribution in [1.82, 2.24) is 9.55 Å². The van der Waals surface area contributed by atoms with Crippen LogP contribution in [-0.2, 0) is 6.42 Å². The van der Waals surface area contributed by atoms with Gasteiger partial charge in [0.1, 0.15) is 5.82 Å². The summed E-state index contributed by atoms with van der Waals surface area (Å²) in [5.74, 6) is 0.571. The fourth-order valence-corrected chi connectivity index (χ4v) is 2.88. The zero-order valence-electron chi connectivity index (χ0n) is 12.2. The highest BCUT2D eigenvalue weighted by Gasteiger charge is 2.24. The molecule has 0 spiro atoms. The number of hydrogen-bond donors (Lipinski definition) is 2. The van der Waals surface area contributed by atoms with Crippen LogP contribution in [0.4, 0.5) is 5.82 Å². The summed E-state index contributed by atoms with van der Waals surface area (Å²) in [4.78, 5) is 27.3. The van der Waals surface area contributed by atoms with Crippen molar-refractivity contribution in [3.8, 4) is 0 Å². The Morgan fingerprint density at radius 3 is 2.57 bits per heavy atom. The number of H-pyrrole nitrogens is 1. The molecule has 1 aliphatic rings. The fraction of sp³-hybridized carbons (Fsp3) is 0.375. The maximum atomic E-state index is 12.4. The van der Waals surface area contributed by atoms with Crippen LogP contribution >= 0.6 is 0 Å². The van der Waals surface area contributed by atoms with Gasteiger partial charge in [-0.3, -0.25) is 14.3 Å². The van der Waals surface area contributed by atoms with Crippen molar-refractivity contribution < 1.29 is 0 Å². The molecule has 1 aromatic heterocycles. The van der Waals surface area contributed by atoms with Crippen molar-refractivity contribution in [3.05, 3.63) is 62.3 Å². The third-order valence-corrected chi connectivity index (χ3v) is 3.95. The quantitative estimate of drug-likeness (QED) is 0.889. The number of aromatic nitrogens is 2. The van der Waals surface area contributed by atoms with Gasteiger partial charge in [-0.05, 0) is 32.3 Å². The molecule has 110 valence electrons. The molecule has 0 bridgehead atoms. The smallest absolute Gasteiger partial charge is 0.330 e. The number of nitrogens with one attached hydrogen (secondary N) is 2. The first kappa shape index (κ1) is 13.7. The molecule has 0 amide bonds. The van der Waals surface area contributed by atoms with E-state index in [4.69, 9.17) is 0 Å². The van der Waals surface area contributed by atoms with Gasteiger partial charge in [0, 0.05) is 6.04 Å². The minimum atomic E-state index is -0.352. The van der Waals surface area contributed by atoms with Crippen molar-refractivity contribution in [1.29, 1.82) is 0 Å². The van der Waals surface area contributed by atoms with E-state index in [1.165, 1.54) is 4.57 Å². The van der Waals surface area contributed by atoms with E-state index in [2.05, 4.69) is 22.4 Å². The van der Waals surface area contributed by atoms with Crippen LogP contribution in [0.5, 0.6) is 0 Å². The second-order valence-electron chi connectivity index (χ2n) is 5.70. The molecule has 0 unspecified atom stereocenters. The summed E-state index contributed by atoms with van der Waals surface area (Å²) in [6.07, 6.45) is 1.51. The summed E-state index contributed by atoms with van der Waals surface area (Å²) in [5.41, 5.74) is 1.31. The van der Waals surface area contributed by atoms with Gasteiger partial charge in [0.25, 0.3) is 5.56 Å². The monoisotopic (exact) mass is 285 g/mol. The van der Waals surface area contributed by atoms with E-state index >= 15 is 0 Å². The molecule has 3 rings (SSSR count). The lowest BCUT2D eigenvalue weighted by Gasteiger charge is -2.27. The minimum absolute atomic E-state index is 0.128. The Kier molecular flexibility index (Phi) is 3.41. The molecule has 5 heteroatoms. The molecular formula is C16H19N3O2. The maximum Gasteiger partial charge on any atom is 0.330 e. The summed E-state index contributed by atoms with van der Waals surface area (Å²) in [5, 5.41) is 3.29. The van der Waals surface area contributed by atoms with Gasteiger partial charge in [0.05, 0.1) is 11.6 Å². The highest BCUT2D eigenvalue weighted by atomic mass is 16.2. The maximum absolute atomic E-state index is 12.4. The van der Waals surface area contributed by atoms with Crippen molar-refractivity contribution in [2.45, 2.75) is 38.8 Å². The SMILES string of the molecule is CC(C)n1c(=O)[nH]c2c(c1=O)CC[C@H](c1ccccc1)N2. The molecule has 2 heterocycles. The second-order valence-corrected chi connectivity index (χ2v) is 5.70. The van der Waals surface area contributed by atoms with Crippen LogP contribution in [-0.4, -0.2) is 9.55 Å². The number of hydrogen-bond acceptors (Lipinski definition) is 3. The normalized spacial score (nSPS) is 17.4. The van der Waals surface area contributed by atoms with Gasteiger partial charge in [-0.1, -0.05) is 30.3 Å². The predicted molar refractivity (Wildman–Crippen MR) is 82.8 cm³/mol. The third-order valence-electron chi connectivity index (χ3n) is 3.95. The number of fused-ring (bicyclic) bond motifs is 1. The van der Waals surface area contributed by atoms with Gasteiger partial charge >= 0.3 is 5.69 Å². The zero-order valence-corrected chi connectivity index (χ0v) is 12.2. The number of aromatic amines is 1. The predicted octanol–water partition coefficient (Wildman–Crippen LogP) is 2.22. The summed E-state index contributed by atoms with van der Waals surface area (Å²) in [6, 6.07) is 10.1. The van der Waals surface area contributed by atoms with Gasteiger partial charge in [-0.15, -0.1) is 0 Å². The molecule has 2 N–H and O–H groups in total. The Morgan fingerprint density at radius 2 is 1.90 bits per heavy atom. The van der Waals surface area contributed by atoms with Gasteiger partial charge in [-0.25, -0.2) is 4.79 Å². The standard InChI is InChI=1S/C16H19N3O2/c1-10(2)19-15(20)12-8-9-13(11-6-4-3-5-7-11)17-14(12)18-16(19)21/h3-7,10,13,17H,8-9H2,1-2H3,(H,18,21)/t13-/m1/s1. The largest absolute Gasteiger partial charge is 0.364 e. The van der Waals surface area contributed by atoms with E-state index < -0.39 is 0 Å². The zero-order chi connectivity index (χ0) is 15.0. The van der Waals surface area contributed by atoms with Crippen molar-refractivity contribution in [3.63, 3.8) is 0 Å². The molecule has 21 heavy (non-hydrogen) atoms. The van der Waals surface area contributed by atoms with E-state index in [0.717, 1.165) is 12.0 Å². The summed E-state index contributed by atoms with van der Waals surface area (Å²) >= 11 is 0. The van der Waals surface area contributed by atoms with Crippen molar-refractivity contribution in [2.75, 3.05) is 5.32 Å². The fourth-order valence-electron chi connectivity index (χ4n) is 2.88. The third kappa shape index (κ3) is 2.39. The van der Waals surface area contributed by atoms with Crippen LogP contribution in [0.25, 0.3) is 0 Å². The van der Waals surface area contributed by atoms with Crippen LogP contribution in [0, 0.1) is 0 Å². The molecule has 5 nitrogen and oxygen atoms in total. The van der Waals surface area contributed by atoms with Crippen LogP contribution in [0.15, 0.2) is 39.9 Å². The Bertz CT molecular complexity index is 759. The lowest BCUT2D eigenvalue weighted by Crippen LogP contribution is -2.41. The molecule has 0 saturated carbocycles. The minimum Gasteiger partial charge on any atom is -0.364 e. The lowest BCUT2D eigenvalue weighted by molar-refractivity contribution is 0.530. The highest BCUT2D eigenvalue weighted by Crippen LogP contribution is 2.28. The molecule has 1 atom stereocenters.